The van der Waals surface area contributed by atoms with E-state index in [0.717, 1.165) is 22.2 Å². The Bertz CT molecular complexity index is 983. The van der Waals surface area contributed by atoms with Gasteiger partial charge in [0.2, 0.25) is 6.79 Å². The Hall–Kier alpha value is -3.06. The van der Waals surface area contributed by atoms with Gasteiger partial charge >= 0.3 is 5.97 Å². The molecule has 3 aromatic rings. The molecule has 0 radical (unpaired) electrons. The van der Waals surface area contributed by atoms with Gasteiger partial charge in [-0.2, -0.15) is 15.4 Å². The first-order valence-corrected chi connectivity index (χ1v) is 7.80. The fourth-order valence-corrected chi connectivity index (χ4v) is 2.70. The summed E-state index contributed by atoms with van der Waals surface area (Å²) in [6, 6.07) is 8.90. The van der Waals surface area contributed by atoms with Crippen molar-refractivity contribution in [2.75, 3.05) is 6.79 Å². The molecule has 2 aromatic carbocycles. The number of nitrogens with one attached hydrogen (secondary N) is 1. The van der Waals surface area contributed by atoms with Crippen LogP contribution in [0.1, 0.15) is 11.1 Å². The average Bonchev–Trinajstić information content (AvgIpc) is 3.26. The number of nitrogens with zero attached hydrogens (tertiary/aromatic N) is 2. The van der Waals surface area contributed by atoms with E-state index in [9.17, 15) is 4.79 Å². The molecule has 126 valence electrons. The van der Waals surface area contributed by atoms with Gasteiger partial charge in [0, 0.05) is 6.08 Å². The van der Waals surface area contributed by atoms with E-state index < -0.39 is 5.97 Å². The Balaban J connectivity index is 1.40. The lowest BCUT2D eigenvalue weighted by Crippen LogP contribution is -2.00. The first-order chi connectivity index (χ1) is 12.2. The second-order valence-corrected chi connectivity index (χ2v) is 5.73. The summed E-state index contributed by atoms with van der Waals surface area (Å²) in [5.41, 5.74) is 3.03. The molecule has 0 saturated heterocycles. The summed E-state index contributed by atoms with van der Waals surface area (Å²) in [6.07, 6.45) is 2.94. The SMILES string of the molecule is O=C(C=Cc1cc(Cl)c2c(c1)OCO2)OCc1ccc2n[nH]nc2c1. The molecule has 0 unspecified atom stereocenters. The van der Waals surface area contributed by atoms with Gasteiger partial charge in [-0.25, -0.2) is 4.79 Å². The van der Waals surface area contributed by atoms with Crippen LogP contribution in [0.4, 0.5) is 0 Å². The van der Waals surface area contributed by atoms with Crippen LogP contribution in [-0.2, 0) is 16.1 Å². The first kappa shape index (κ1) is 15.5. The molecule has 25 heavy (non-hydrogen) atoms. The Kier molecular flexibility index (Phi) is 3.99. The minimum Gasteiger partial charge on any atom is -0.458 e. The summed E-state index contributed by atoms with van der Waals surface area (Å²) in [5, 5.41) is 10.9. The van der Waals surface area contributed by atoms with Crippen molar-refractivity contribution in [1.29, 1.82) is 0 Å². The maximum Gasteiger partial charge on any atom is 0.331 e. The summed E-state index contributed by atoms with van der Waals surface area (Å²) < 4.78 is 15.8. The standard InChI is InChI=1S/C17H12ClN3O4/c18-12-5-10(7-15-17(12)25-9-24-15)2-4-16(22)23-8-11-1-3-13-14(6-11)20-21-19-13/h1-7H,8-9H2,(H,19,20,21). The Morgan fingerprint density at radius 1 is 1.24 bits per heavy atom. The van der Waals surface area contributed by atoms with Crippen LogP contribution in [0.15, 0.2) is 36.4 Å². The van der Waals surface area contributed by atoms with Crippen LogP contribution in [0.5, 0.6) is 11.5 Å². The molecule has 0 bridgehead atoms. The third-order valence-electron chi connectivity index (χ3n) is 3.62. The van der Waals surface area contributed by atoms with Crippen LogP contribution in [0, 0.1) is 0 Å². The lowest BCUT2D eigenvalue weighted by Gasteiger charge is -2.03. The number of carbonyl (C=O) groups is 1. The first-order valence-electron chi connectivity index (χ1n) is 7.42. The molecule has 1 aromatic heterocycles. The number of carbonyl (C=O) groups excluding carboxylic acids is 1. The lowest BCUT2D eigenvalue weighted by molar-refractivity contribution is -0.138. The molecular weight excluding hydrogens is 346 g/mol. The van der Waals surface area contributed by atoms with E-state index in [2.05, 4.69) is 15.4 Å². The van der Waals surface area contributed by atoms with Crippen molar-refractivity contribution < 1.29 is 19.0 Å². The summed E-state index contributed by atoms with van der Waals surface area (Å²) in [4.78, 5) is 11.9. The number of rotatable bonds is 4. The minimum absolute atomic E-state index is 0.139. The van der Waals surface area contributed by atoms with E-state index in [4.69, 9.17) is 25.8 Å². The van der Waals surface area contributed by atoms with Crippen molar-refractivity contribution >= 4 is 34.7 Å². The van der Waals surface area contributed by atoms with Crippen molar-refractivity contribution in [3.63, 3.8) is 0 Å². The predicted octanol–water partition coefficient (Wildman–Crippen LogP) is 3.10. The number of H-pyrrole nitrogens is 1. The smallest absolute Gasteiger partial charge is 0.331 e. The van der Waals surface area contributed by atoms with Gasteiger partial charge in [-0.15, -0.1) is 0 Å². The number of benzene rings is 2. The van der Waals surface area contributed by atoms with Crippen molar-refractivity contribution in [2.24, 2.45) is 0 Å². The van der Waals surface area contributed by atoms with E-state index in [-0.39, 0.29) is 13.4 Å². The Morgan fingerprint density at radius 3 is 3.04 bits per heavy atom. The number of fused-ring (bicyclic) bond motifs is 2. The third-order valence-corrected chi connectivity index (χ3v) is 3.90. The second-order valence-electron chi connectivity index (χ2n) is 5.32. The van der Waals surface area contributed by atoms with Gasteiger partial charge in [-0.3, -0.25) is 0 Å². The molecule has 0 fully saturated rings. The molecule has 0 spiro atoms. The molecule has 0 amide bonds. The average molecular weight is 358 g/mol. The second kappa shape index (κ2) is 6.45. The monoisotopic (exact) mass is 357 g/mol. The van der Waals surface area contributed by atoms with Gasteiger partial charge in [0.05, 0.1) is 5.02 Å². The number of ether oxygens (including phenoxy) is 3. The molecule has 1 aliphatic heterocycles. The third kappa shape index (κ3) is 3.27. The molecule has 0 saturated carbocycles. The zero-order valence-corrected chi connectivity index (χ0v) is 13.6. The van der Waals surface area contributed by atoms with Gasteiger partial charge in [0.1, 0.15) is 17.6 Å². The summed E-state index contributed by atoms with van der Waals surface area (Å²) in [5.74, 6) is 0.611. The molecule has 2 heterocycles. The van der Waals surface area contributed by atoms with Crippen LogP contribution in [0.3, 0.4) is 0 Å². The summed E-state index contributed by atoms with van der Waals surface area (Å²) in [6.45, 7) is 0.286. The highest BCUT2D eigenvalue weighted by molar-refractivity contribution is 6.32. The zero-order chi connectivity index (χ0) is 17.2. The number of hydrogen-bond donors (Lipinski definition) is 1. The van der Waals surface area contributed by atoms with Crippen molar-refractivity contribution in [3.05, 3.63) is 52.6 Å². The number of halogens is 1. The number of aromatic nitrogens is 3. The highest BCUT2D eigenvalue weighted by Crippen LogP contribution is 2.40. The van der Waals surface area contributed by atoms with Crippen molar-refractivity contribution in [2.45, 2.75) is 6.61 Å². The predicted molar refractivity (Wildman–Crippen MR) is 90.3 cm³/mol. The Morgan fingerprint density at radius 2 is 2.12 bits per heavy atom. The summed E-state index contributed by atoms with van der Waals surface area (Å²) in [7, 11) is 0. The maximum atomic E-state index is 11.9. The molecule has 7 nitrogen and oxygen atoms in total. The molecule has 0 aliphatic carbocycles. The van der Waals surface area contributed by atoms with Gasteiger partial charge in [0.15, 0.2) is 11.5 Å². The fraction of sp³-hybridized carbons (Fsp3) is 0.118. The highest BCUT2D eigenvalue weighted by atomic mass is 35.5. The number of esters is 1. The molecular formula is C17H12ClN3O4. The minimum atomic E-state index is -0.464. The van der Waals surface area contributed by atoms with Gasteiger partial charge < -0.3 is 14.2 Å². The maximum absolute atomic E-state index is 11.9. The lowest BCUT2D eigenvalue weighted by atomic mass is 10.2. The van der Waals surface area contributed by atoms with E-state index in [0.29, 0.717) is 16.5 Å². The van der Waals surface area contributed by atoms with E-state index in [1.165, 1.54) is 6.08 Å². The van der Waals surface area contributed by atoms with Crippen LogP contribution < -0.4 is 9.47 Å². The molecule has 8 heteroatoms. The topological polar surface area (TPSA) is 86.3 Å². The number of hydrogen-bond acceptors (Lipinski definition) is 6. The van der Waals surface area contributed by atoms with Gasteiger partial charge in [0.25, 0.3) is 0 Å². The van der Waals surface area contributed by atoms with Crippen LogP contribution >= 0.6 is 11.6 Å². The quantitative estimate of drug-likeness (QED) is 0.570. The molecule has 0 atom stereocenters. The summed E-state index contributed by atoms with van der Waals surface area (Å²) >= 11 is 6.10. The highest BCUT2D eigenvalue weighted by Gasteiger charge is 2.17. The van der Waals surface area contributed by atoms with Crippen LogP contribution in [0.2, 0.25) is 5.02 Å². The van der Waals surface area contributed by atoms with Crippen LogP contribution in [-0.4, -0.2) is 28.2 Å². The van der Waals surface area contributed by atoms with Crippen LogP contribution in [0.25, 0.3) is 17.1 Å². The van der Waals surface area contributed by atoms with E-state index in [1.807, 2.05) is 18.2 Å². The molecule has 1 aliphatic rings. The number of aromatic amines is 1. The van der Waals surface area contributed by atoms with Crippen molar-refractivity contribution in [3.8, 4) is 11.5 Å². The molecule has 4 rings (SSSR count). The van der Waals surface area contributed by atoms with E-state index in [1.54, 1.807) is 18.2 Å². The zero-order valence-electron chi connectivity index (χ0n) is 12.9. The van der Waals surface area contributed by atoms with Crippen molar-refractivity contribution in [1.82, 2.24) is 15.4 Å². The Labute approximate surface area is 147 Å². The fourth-order valence-electron chi connectivity index (χ4n) is 2.43. The molecule has 1 N–H and O–H groups in total. The largest absolute Gasteiger partial charge is 0.458 e. The van der Waals surface area contributed by atoms with Gasteiger partial charge in [-0.05, 0) is 41.5 Å². The van der Waals surface area contributed by atoms with Gasteiger partial charge in [-0.1, -0.05) is 17.7 Å². The normalized spacial score (nSPS) is 12.8. The van der Waals surface area contributed by atoms with E-state index >= 15 is 0 Å².